The SMILES string of the molecule is O=C(c1cc2ccccc2n1Cc1ccccc1)N1CCCC(c2nccs2)C1. The average molecular weight is 402 g/mol. The van der Waals surface area contributed by atoms with Crippen molar-refractivity contribution in [3.63, 3.8) is 0 Å². The van der Waals surface area contributed by atoms with Gasteiger partial charge in [-0.2, -0.15) is 0 Å². The average Bonchev–Trinajstić information content (AvgIpc) is 3.43. The Morgan fingerprint density at radius 3 is 2.76 bits per heavy atom. The molecule has 4 nitrogen and oxygen atoms in total. The summed E-state index contributed by atoms with van der Waals surface area (Å²) in [6.07, 6.45) is 3.98. The van der Waals surface area contributed by atoms with Gasteiger partial charge in [-0.05, 0) is 30.5 Å². The second-order valence-electron chi connectivity index (χ2n) is 7.62. The Morgan fingerprint density at radius 2 is 1.93 bits per heavy atom. The fourth-order valence-corrected chi connectivity index (χ4v) is 5.05. The summed E-state index contributed by atoms with van der Waals surface area (Å²) < 4.78 is 2.17. The maximum atomic E-state index is 13.6. The largest absolute Gasteiger partial charge is 0.337 e. The molecule has 2 aromatic carbocycles. The predicted molar refractivity (Wildman–Crippen MR) is 117 cm³/mol. The van der Waals surface area contributed by atoms with Crippen LogP contribution in [0.25, 0.3) is 10.9 Å². The van der Waals surface area contributed by atoms with Crippen LogP contribution >= 0.6 is 11.3 Å². The highest BCUT2D eigenvalue weighted by Crippen LogP contribution is 2.30. The third-order valence-electron chi connectivity index (χ3n) is 5.72. The van der Waals surface area contributed by atoms with Crippen molar-refractivity contribution in [1.29, 1.82) is 0 Å². The first-order valence-electron chi connectivity index (χ1n) is 10.1. The zero-order chi connectivity index (χ0) is 19.6. The molecule has 5 rings (SSSR count). The molecule has 5 heteroatoms. The Kier molecular flexibility index (Phi) is 4.90. The summed E-state index contributed by atoms with van der Waals surface area (Å²) in [5.41, 5.74) is 3.07. The number of rotatable bonds is 4. The Hall–Kier alpha value is -2.92. The molecule has 2 aromatic heterocycles. The maximum absolute atomic E-state index is 13.6. The lowest BCUT2D eigenvalue weighted by molar-refractivity contribution is 0.0697. The molecule has 146 valence electrons. The summed E-state index contributed by atoms with van der Waals surface area (Å²) in [5, 5.41) is 4.28. The summed E-state index contributed by atoms with van der Waals surface area (Å²) >= 11 is 1.69. The second kappa shape index (κ2) is 7.84. The van der Waals surface area contributed by atoms with Crippen LogP contribution in [0.5, 0.6) is 0 Å². The van der Waals surface area contributed by atoms with Crippen molar-refractivity contribution in [2.75, 3.05) is 13.1 Å². The van der Waals surface area contributed by atoms with Crippen LogP contribution in [0.1, 0.15) is 39.8 Å². The molecular weight excluding hydrogens is 378 g/mol. The lowest BCUT2D eigenvalue weighted by Crippen LogP contribution is -2.40. The number of carbonyl (C=O) groups is 1. The van der Waals surface area contributed by atoms with Crippen LogP contribution in [0.4, 0.5) is 0 Å². The molecule has 1 aliphatic heterocycles. The number of piperidine rings is 1. The highest BCUT2D eigenvalue weighted by atomic mass is 32.1. The smallest absolute Gasteiger partial charge is 0.270 e. The molecule has 4 aromatic rings. The van der Waals surface area contributed by atoms with Crippen LogP contribution < -0.4 is 0 Å². The molecule has 3 heterocycles. The predicted octanol–water partition coefficient (Wildman–Crippen LogP) is 5.17. The summed E-state index contributed by atoms with van der Waals surface area (Å²) in [7, 11) is 0. The van der Waals surface area contributed by atoms with E-state index in [0.717, 1.165) is 47.5 Å². The number of nitrogens with zero attached hydrogens (tertiary/aromatic N) is 3. The topological polar surface area (TPSA) is 38.1 Å². The Balaban J connectivity index is 1.49. The van der Waals surface area contributed by atoms with E-state index in [2.05, 4.69) is 33.8 Å². The van der Waals surface area contributed by atoms with Gasteiger partial charge in [-0.15, -0.1) is 11.3 Å². The molecule has 0 bridgehead atoms. The molecule has 1 aliphatic rings. The van der Waals surface area contributed by atoms with Gasteiger partial charge >= 0.3 is 0 Å². The van der Waals surface area contributed by atoms with Crippen molar-refractivity contribution < 1.29 is 4.79 Å². The first-order valence-corrected chi connectivity index (χ1v) is 11.0. The second-order valence-corrected chi connectivity index (χ2v) is 8.55. The number of carbonyl (C=O) groups excluding carboxylic acids is 1. The van der Waals surface area contributed by atoms with Crippen molar-refractivity contribution in [1.82, 2.24) is 14.5 Å². The zero-order valence-electron chi connectivity index (χ0n) is 16.2. The molecule has 1 unspecified atom stereocenters. The third-order valence-corrected chi connectivity index (χ3v) is 6.66. The van der Waals surface area contributed by atoms with Gasteiger partial charge in [0.25, 0.3) is 5.91 Å². The number of likely N-dealkylation sites (tertiary alicyclic amines) is 1. The molecule has 0 N–H and O–H groups in total. The molecule has 0 spiro atoms. The molecular formula is C24H23N3OS. The number of benzene rings is 2. The Morgan fingerprint density at radius 1 is 1.10 bits per heavy atom. The molecule has 0 radical (unpaired) electrons. The highest BCUT2D eigenvalue weighted by molar-refractivity contribution is 7.09. The number of hydrogen-bond acceptors (Lipinski definition) is 3. The van der Waals surface area contributed by atoms with Gasteiger partial charge in [0, 0.05) is 48.0 Å². The Bertz CT molecular complexity index is 1120. The number of para-hydroxylation sites is 1. The summed E-state index contributed by atoms with van der Waals surface area (Å²) in [6, 6.07) is 20.7. The quantitative estimate of drug-likeness (QED) is 0.473. The van der Waals surface area contributed by atoms with Crippen molar-refractivity contribution in [2.45, 2.75) is 25.3 Å². The monoisotopic (exact) mass is 401 g/mol. The van der Waals surface area contributed by atoms with E-state index in [1.165, 1.54) is 5.56 Å². The number of aromatic nitrogens is 2. The van der Waals surface area contributed by atoms with Crippen LogP contribution in [0, 0.1) is 0 Å². The van der Waals surface area contributed by atoms with Gasteiger partial charge in [0.2, 0.25) is 0 Å². The van der Waals surface area contributed by atoms with E-state index in [4.69, 9.17) is 0 Å². The number of thiazole rings is 1. The van der Waals surface area contributed by atoms with Crippen molar-refractivity contribution in [3.8, 4) is 0 Å². The number of fused-ring (bicyclic) bond motifs is 1. The van der Waals surface area contributed by atoms with E-state index in [1.54, 1.807) is 11.3 Å². The summed E-state index contributed by atoms with van der Waals surface area (Å²) in [4.78, 5) is 20.1. The lowest BCUT2D eigenvalue weighted by atomic mass is 9.98. The molecule has 29 heavy (non-hydrogen) atoms. The van der Waals surface area contributed by atoms with Crippen LogP contribution in [-0.2, 0) is 6.54 Å². The van der Waals surface area contributed by atoms with E-state index < -0.39 is 0 Å². The van der Waals surface area contributed by atoms with Crippen molar-refractivity contribution >= 4 is 28.1 Å². The standard InChI is InChI=1S/C24H23N3OS/c28-24(26-13-6-10-20(17-26)23-25-12-14-29-23)22-15-19-9-4-5-11-21(19)27(22)16-18-7-2-1-3-8-18/h1-5,7-9,11-12,14-15,20H,6,10,13,16-17H2. The van der Waals surface area contributed by atoms with Crippen LogP contribution in [0.3, 0.4) is 0 Å². The fourth-order valence-electron chi connectivity index (χ4n) is 4.29. The van der Waals surface area contributed by atoms with Crippen LogP contribution in [0.15, 0.2) is 72.2 Å². The molecule has 0 aliphatic carbocycles. The molecule has 1 saturated heterocycles. The zero-order valence-corrected chi connectivity index (χ0v) is 17.0. The minimum absolute atomic E-state index is 0.124. The van der Waals surface area contributed by atoms with Crippen molar-refractivity contribution in [2.24, 2.45) is 0 Å². The van der Waals surface area contributed by atoms with E-state index >= 15 is 0 Å². The molecule has 1 atom stereocenters. The van der Waals surface area contributed by atoms with Gasteiger partial charge in [0.1, 0.15) is 5.69 Å². The van der Waals surface area contributed by atoms with Crippen LogP contribution in [0.2, 0.25) is 0 Å². The van der Waals surface area contributed by atoms with Crippen molar-refractivity contribution in [3.05, 3.63) is 88.5 Å². The van der Waals surface area contributed by atoms with E-state index in [1.807, 2.05) is 52.9 Å². The third kappa shape index (κ3) is 3.58. The normalized spacial score (nSPS) is 17.0. The van der Waals surface area contributed by atoms with Gasteiger partial charge < -0.3 is 9.47 Å². The lowest BCUT2D eigenvalue weighted by Gasteiger charge is -2.32. The van der Waals surface area contributed by atoms with Gasteiger partial charge in [0.15, 0.2) is 0 Å². The molecule has 1 amide bonds. The molecule has 1 fully saturated rings. The Labute approximate surface area is 174 Å². The number of hydrogen-bond donors (Lipinski definition) is 0. The van der Waals surface area contributed by atoms with Gasteiger partial charge in [0.05, 0.1) is 5.01 Å². The maximum Gasteiger partial charge on any atom is 0.270 e. The minimum Gasteiger partial charge on any atom is -0.337 e. The van der Waals surface area contributed by atoms with Crippen LogP contribution in [-0.4, -0.2) is 33.4 Å². The van der Waals surface area contributed by atoms with Gasteiger partial charge in [-0.3, -0.25) is 4.79 Å². The minimum atomic E-state index is 0.124. The first kappa shape index (κ1) is 18.1. The number of amides is 1. The summed E-state index contributed by atoms with van der Waals surface area (Å²) in [5.74, 6) is 0.470. The fraction of sp³-hybridized carbons (Fsp3) is 0.250. The summed E-state index contributed by atoms with van der Waals surface area (Å²) in [6.45, 7) is 2.26. The van der Waals surface area contributed by atoms with Gasteiger partial charge in [-0.25, -0.2) is 4.98 Å². The first-order chi connectivity index (χ1) is 14.3. The van der Waals surface area contributed by atoms with E-state index in [0.29, 0.717) is 12.5 Å². The highest BCUT2D eigenvalue weighted by Gasteiger charge is 2.28. The van der Waals surface area contributed by atoms with Gasteiger partial charge in [-0.1, -0.05) is 48.5 Å². The van der Waals surface area contributed by atoms with E-state index in [9.17, 15) is 4.79 Å². The van der Waals surface area contributed by atoms with E-state index in [-0.39, 0.29) is 5.91 Å². The molecule has 0 saturated carbocycles.